The van der Waals surface area contributed by atoms with Crippen LogP contribution in [0.15, 0.2) is 83.0 Å². The van der Waals surface area contributed by atoms with Crippen molar-refractivity contribution in [2.24, 2.45) is 4.99 Å². The number of para-hydroxylation sites is 1. The van der Waals surface area contributed by atoms with Crippen molar-refractivity contribution < 1.29 is 9.53 Å². The van der Waals surface area contributed by atoms with Gasteiger partial charge in [0.25, 0.3) is 5.91 Å². The molecule has 30 heavy (non-hydrogen) atoms. The number of halogens is 1. The van der Waals surface area contributed by atoms with Gasteiger partial charge in [0.2, 0.25) is 0 Å². The lowest BCUT2D eigenvalue weighted by molar-refractivity contribution is -0.113. The molecule has 1 fully saturated rings. The molecule has 1 aliphatic heterocycles. The average molecular weight is 436 g/mol. The predicted molar refractivity (Wildman–Crippen MR) is 123 cm³/mol. The third-order valence-corrected chi connectivity index (χ3v) is 6.04. The number of aliphatic imine (C=N–C) groups is 1. The van der Waals surface area contributed by atoms with Gasteiger partial charge in [0.15, 0.2) is 5.17 Å². The van der Waals surface area contributed by atoms with E-state index in [0.29, 0.717) is 20.8 Å². The van der Waals surface area contributed by atoms with Gasteiger partial charge >= 0.3 is 0 Å². The largest absolute Gasteiger partial charge is 0.497 e. The molecule has 1 saturated heterocycles. The van der Waals surface area contributed by atoms with E-state index in [-0.39, 0.29) is 5.91 Å². The van der Waals surface area contributed by atoms with Crippen molar-refractivity contribution in [3.63, 3.8) is 0 Å². The van der Waals surface area contributed by atoms with Crippen LogP contribution in [0.3, 0.4) is 0 Å². The minimum Gasteiger partial charge on any atom is -0.497 e. The number of nitrogens with zero attached hydrogens (tertiary/aromatic N) is 3. The molecule has 4 rings (SSSR count). The normalized spacial score (nSPS) is 16.8. The van der Waals surface area contributed by atoms with Gasteiger partial charge in [-0.3, -0.25) is 14.7 Å². The van der Waals surface area contributed by atoms with Crippen molar-refractivity contribution >= 4 is 51.4 Å². The van der Waals surface area contributed by atoms with Gasteiger partial charge in [0.05, 0.1) is 28.4 Å². The number of carbonyl (C=O) groups excluding carboxylic acids is 1. The smallest absolute Gasteiger partial charge is 0.271 e. The Kier molecular flexibility index (Phi) is 5.88. The first-order valence-electron chi connectivity index (χ1n) is 9.19. The molecular formula is C23H18ClN3O2S. The highest BCUT2D eigenvalue weighted by Crippen LogP contribution is 2.41. The molecule has 150 valence electrons. The van der Waals surface area contributed by atoms with Gasteiger partial charge in [-0.25, -0.2) is 4.99 Å². The molecular weight excluding hydrogens is 418 g/mol. The molecule has 0 atom stereocenters. The number of methoxy groups -OCH3 is 1. The molecule has 0 spiro atoms. The summed E-state index contributed by atoms with van der Waals surface area (Å²) in [5.41, 5.74) is 3.08. The Morgan fingerprint density at radius 3 is 2.67 bits per heavy atom. The van der Waals surface area contributed by atoms with Crippen LogP contribution in [0.1, 0.15) is 12.5 Å². The summed E-state index contributed by atoms with van der Waals surface area (Å²) in [5.74, 6) is 0.607. The number of amidine groups is 1. The first-order valence-corrected chi connectivity index (χ1v) is 10.4. The van der Waals surface area contributed by atoms with E-state index in [0.717, 1.165) is 22.6 Å². The summed E-state index contributed by atoms with van der Waals surface area (Å²) in [4.78, 5) is 24.4. The Morgan fingerprint density at radius 2 is 1.93 bits per heavy atom. The summed E-state index contributed by atoms with van der Waals surface area (Å²) < 4.78 is 5.33. The van der Waals surface area contributed by atoms with Crippen molar-refractivity contribution in [2.45, 2.75) is 6.92 Å². The summed E-state index contributed by atoms with van der Waals surface area (Å²) >= 11 is 7.58. The first kappa shape index (κ1) is 20.2. The van der Waals surface area contributed by atoms with Gasteiger partial charge in [0.1, 0.15) is 5.75 Å². The Morgan fingerprint density at radius 1 is 1.13 bits per heavy atom. The minimum atomic E-state index is -0.129. The maximum absolute atomic E-state index is 13.5. The highest BCUT2D eigenvalue weighted by Gasteiger charge is 2.36. The highest BCUT2D eigenvalue weighted by atomic mass is 35.5. The van der Waals surface area contributed by atoms with E-state index >= 15 is 0 Å². The van der Waals surface area contributed by atoms with Crippen LogP contribution in [0.25, 0.3) is 5.57 Å². The number of thioether (sulfide) groups is 1. The van der Waals surface area contributed by atoms with Crippen LogP contribution in [0, 0.1) is 0 Å². The Hall–Kier alpha value is -3.09. The number of carbonyl (C=O) groups is 1. The zero-order valence-electron chi connectivity index (χ0n) is 16.4. The number of amides is 1. The maximum Gasteiger partial charge on any atom is 0.271 e. The van der Waals surface area contributed by atoms with Crippen molar-refractivity contribution in [3.05, 3.63) is 88.5 Å². The predicted octanol–water partition coefficient (Wildman–Crippen LogP) is 5.94. The van der Waals surface area contributed by atoms with Gasteiger partial charge in [0, 0.05) is 12.4 Å². The van der Waals surface area contributed by atoms with E-state index in [1.54, 1.807) is 24.3 Å². The number of allylic oxidation sites excluding steroid dienone is 1. The second-order valence-electron chi connectivity index (χ2n) is 6.49. The quantitative estimate of drug-likeness (QED) is 0.475. The summed E-state index contributed by atoms with van der Waals surface area (Å²) in [6.07, 6.45) is 3.16. The van der Waals surface area contributed by atoms with Gasteiger partial charge in [-0.15, -0.1) is 0 Å². The van der Waals surface area contributed by atoms with Crippen LogP contribution in [0.4, 0.5) is 11.4 Å². The van der Waals surface area contributed by atoms with Gasteiger partial charge in [-0.05, 0) is 60.2 Å². The number of ether oxygens (including phenoxy) is 1. The lowest BCUT2D eigenvalue weighted by atomic mass is 10.1. The Labute approximate surface area is 184 Å². The van der Waals surface area contributed by atoms with Crippen molar-refractivity contribution in [2.75, 3.05) is 12.0 Å². The van der Waals surface area contributed by atoms with E-state index in [1.807, 2.05) is 61.5 Å². The van der Waals surface area contributed by atoms with Crippen LogP contribution >= 0.6 is 23.4 Å². The molecule has 7 heteroatoms. The Bertz CT molecular complexity index is 1160. The van der Waals surface area contributed by atoms with Crippen molar-refractivity contribution in [1.29, 1.82) is 0 Å². The van der Waals surface area contributed by atoms with Crippen molar-refractivity contribution in [1.82, 2.24) is 4.98 Å². The zero-order valence-corrected chi connectivity index (χ0v) is 17.9. The highest BCUT2D eigenvalue weighted by molar-refractivity contribution is 8.19. The maximum atomic E-state index is 13.5. The Balaban J connectivity index is 1.83. The molecule has 1 aromatic heterocycles. The van der Waals surface area contributed by atoms with E-state index in [1.165, 1.54) is 18.0 Å². The standard InChI is InChI=1S/C23H18ClN3O2S/c1-15(16-7-6-10-18(13-16)29-2)21-22(28)27(17-8-4-3-5-9-17)23(30-21)26-20-11-12-25-14-19(20)24/h3-14H,1-2H3/b21-15-,26-23?. The fraction of sp³-hybridized carbons (Fsp3) is 0.0870. The molecule has 1 aliphatic rings. The molecule has 1 amide bonds. The molecule has 0 radical (unpaired) electrons. The van der Waals surface area contributed by atoms with Crippen molar-refractivity contribution in [3.8, 4) is 5.75 Å². The number of aromatic nitrogens is 1. The number of hydrogen-bond acceptors (Lipinski definition) is 5. The molecule has 0 saturated carbocycles. The van der Waals surface area contributed by atoms with Crippen LogP contribution in [0.2, 0.25) is 5.02 Å². The summed E-state index contributed by atoms with van der Waals surface area (Å²) in [7, 11) is 1.62. The van der Waals surface area contributed by atoms with Crippen LogP contribution in [-0.4, -0.2) is 23.2 Å². The number of benzene rings is 2. The zero-order chi connectivity index (χ0) is 21.1. The second-order valence-corrected chi connectivity index (χ2v) is 7.87. The monoisotopic (exact) mass is 435 g/mol. The van der Waals surface area contributed by atoms with E-state index in [9.17, 15) is 4.79 Å². The van der Waals surface area contributed by atoms with Gasteiger partial charge in [-0.1, -0.05) is 41.9 Å². The third kappa shape index (κ3) is 3.97. The summed E-state index contributed by atoms with van der Waals surface area (Å²) in [6.45, 7) is 1.93. The van der Waals surface area contributed by atoms with Crippen LogP contribution in [-0.2, 0) is 4.79 Å². The third-order valence-electron chi connectivity index (χ3n) is 4.61. The molecule has 0 unspecified atom stereocenters. The van der Waals surface area contributed by atoms with E-state index in [4.69, 9.17) is 16.3 Å². The lowest BCUT2D eigenvalue weighted by Gasteiger charge is -2.15. The fourth-order valence-corrected chi connectivity index (χ4v) is 4.25. The minimum absolute atomic E-state index is 0.129. The van der Waals surface area contributed by atoms with Gasteiger partial charge in [-0.2, -0.15) is 0 Å². The molecule has 0 aliphatic carbocycles. The molecule has 3 aromatic rings. The number of hydrogen-bond donors (Lipinski definition) is 0. The first-order chi connectivity index (χ1) is 14.6. The van der Waals surface area contributed by atoms with E-state index in [2.05, 4.69) is 9.98 Å². The molecule has 0 N–H and O–H groups in total. The fourth-order valence-electron chi connectivity index (χ4n) is 3.03. The molecule has 0 bridgehead atoms. The average Bonchev–Trinajstić information content (AvgIpc) is 3.11. The summed E-state index contributed by atoms with van der Waals surface area (Å²) in [5, 5.41) is 0.963. The molecule has 5 nitrogen and oxygen atoms in total. The second kappa shape index (κ2) is 8.73. The van der Waals surface area contributed by atoms with Crippen LogP contribution in [0.5, 0.6) is 5.75 Å². The number of pyridine rings is 1. The molecule has 2 aromatic carbocycles. The SMILES string of the molecule is COc1cccc(/C(C)=C2\SC(=Nc3ccncc3Cl)N(c3ccccc3)C2=O)c1. The van der Waals surface area contributed by atoms with Gasteiger partial charge < -0.3 is 4.74 Å². The summed E-state index contributed by atoms with van der Waals surface area (Å²) in [6, 6.07) is 18.8. The molecule has 2 heterocycles. The number of rotatable bonds is 4. The number of anilines is 1. The lowest BCUT2D eigenvalue weighted by Crippen LogP contribution is -2.28. The van der Waals surface area contributed by atoms with E-state index < -0.39 is 0 Å². The topological polar surface area (TPSA) is 54.8 Å². The van der Waals surface area contributed by atoms with Crippen LogP contribution < -0.4 is 9.64 Å².